The van der Waals surface area contributed by atoms with Crippen molar-refractivity contribution in [3.05, 3.63) is 0 Å². The van der Waals surface area contributed by atoms with E-state index in [0.717, 1.165) is 0 Å². The summed E-state index contributed by atoms with van der Waals surface area (Å²) in [4.78, 5) is 24.5. The van der Waals surface area contributed by atoms with Gasteiger partial charge in [0.25, 0.3) is 0 Å². The number of carbonyl (C=O) groups is 2. The normalized spacial score (nSPS) is 18.5. The largest absolute Gasteiger partial charge is 0.481 e. The summed E-state index contributed by atoms with van der Waals surface area (Å²) < 4.78 is 10.2. The Morgan fingerprint density at radius 1 is 1.36 bits per heavy atom. The highest BCUT2D eigenvalue weighted by molar-refractivity contribution is 5.73. The number of aliphatic hydroxyl groups is 1. The Kier molecular flexibility index (Phi) is 6.16. The molecular formula is C14H26N2O6. The fourth-order valence-electron chi connectivity index (χ4n) is 2.46. The van der Waals surface area contributed by atoms with Crippen LogP contribution >= 0.6 is 0 Å². The van der Waals surface area contributed by atoms with Crippen LogP contribution in [-0.2, 0) is 14.3 Å². The minimum absolute atomic E-state index is 0.146. The van der Waals surface area contributed by atoms with E-state index in [1.807, 2.05) is 0 Å². The lowest BCUT2D eigenvalue weighted by molar-refractivity contribution is -0.141. The third kappa shape index (κ3) is 5.43. The molecule has 1 saturated heterocycles. The first-order valence-corrected chi connectivity index (χ1v) is 7.18. The second-order valence-corrected chi connectivity index (χ2v) is 6.67. The molecule has 0 aromatic carbocycles. The number of likely N-dealkylation sites (tertiary alicyclic amines) is 1. The molecule has 1 unspecified atom stereocenters. The number of rotatable bonds is 7. The number of hydrogen-bond donors (Lipinski definition) is 3. The van der Waals surface area contributed by atoms with Gasteiger partial charge in [-0.05, 0) is 20.8 Å². The molecule has 1 aliphatic heterocycles. The van der Waals surface area contributed by atoms with Crippen LogP contribution in [0.5, 0.6) is 0 Å². The van der Waals surface area contributed by atoms with E-state index < -0.39 is 23.2 Å². The summed E-state index contributed by atoms with van der Waals surface area (Å²) in [5.41, 5.74) is -1.37. The lowest BCUT2D eigenvalue weighted by Gasteiger charge is -2.51. The van der Waals surface area contributed by atoms with Crippen LogP contribution < -0.4 is 5.32 Å². The molecule has 1 heterocycles. The van der Waals surface area contributed by atoms with Gasteiger partial charge in [0.15, 0.2) is 0 Å². The van der Waals surface area contributed by atoms with Crippen molar-refractivity contribution in [1.82, 2.24) is 10.2 Å². The number of amides is 1. The van der Waals surface area contributed by atoms with Gasteiger partial charge >= 0.3 is 12.1 Å². The molecule has 1 amide bonds. The molecule has 1 aliphatic rings. The van der Waals surface area contributed by atoms with E-state index in [-0.39, 0.29) is 38.8 Å². The summed E-state index contributed by atoms with van der Waals surface area (Å²) in [5, 5.41) is 21.5. The summed E-state index contributed by atoms with van der Waals surface area (Å²) in [6.07, 6.45) is -0.616. The SMILES string of the molecule is COCC(CO)NC1(CC(=O)O)CN(C(=O)OC(C)(C)C)C1. The molecule has 8 nitrogen and oxygen atoms in total. The van der Waals surface area contributed by atoms with Gasteiger partial charge in [0.05, 0.1) is 31.2 Å². The third-order valence-corrected chi connectivity index (χ3v) is 3.23. The fraction of sp³-hybridized carbons (Fsp3) is 0.857. The van der Waals surface area contributed by atoms with Crippen molar-refractivity contribution in [2.45, 2.75) is 44.4 Å². The maximum absolute atomic E-state index is 11.9. The van der Waals surface area contributed by atoms with Gasteiger partial charge < -0.3 is 29.9 Å². The Morgan fingerprint density at radius 2 is 1.95 bits per heavy atom. The molecular weight excluding hydrogens is 292 g/mol. The highest BCUT2D eigenvalue weighted by atomic mass is 16.6. The standard InChI is InChI=1S/C14H26N2O6/c1-13(2,3)22-12(20)16-8-14(9-16,5-11(18)19)15-10(6-17)7-21-4/h10,15,17H,5-9H2,1-4H3,(H,18,19). The number of ether oxygens (including phenoxy) is 2. The average Bonchev–Trinajstić information content (AvgIpc) is 2.31. The molecule has 1 atom stereocenters. The summed E-state index contributed by atoms with van der Waals surface area (Å²) in [7, 11) is 1.50. The van der Waals surface area contributed by atoms with E-state index in [1.165, 1.54) is 12.0 Å². The molecule has 8 heteroatoms. The van der Waals surface area contributed by atoms with Crippen molar-refractivity contribution in [3.63, 3.8) is 0 Å². The molecule has 128 valence electrons. The van der Waals surface area contributed by atoms with Gasteiger partial charge in [-0.3, -0.25) is 4.79 Å². The zero-order valence-corrected chi connectivity index (χ0v) is 13.6. The second-order valence-electron chi connectivity index (χ2n) is 6.67. The van der Waals surface area contributed by atoms with E-state index in [2.05, 4.69) is 5.32 Å². The molecule has 0 saturated carbocycles. The summed E-state index contributed by atoms with van der Waals surface area (Å²) >= 11 is 0. The molecule has 0 radical (unpaired) electrons. The molecule has 22 heavy (non-hydrogen) atoms. The van der Waals surface area contributed by atoms with Crippen LogP contribution in [0.4, 0.5) is 4.79 Å². The van der Waals surface area contributed by atoms with Crippen molar-refractivity contribution in [3.8, 4) is 0 Å². The number of nitrogens with one attached hydrogen (secondary N) is 1. The zero-order valence-electron chi connectivity index (χ0n) is 13.6. The van der Waals surface area contributed by atoms with Crippen LogP contribution in [0.2, 0.25) is 0 Å². The van der Waals surface area contributed by atoms with Crippen LogP contribution in [0.1, 0.15) is 27.2 Å². The summed E-state index contributed by atoms with van der Waals surface area (Å²) in [5.74, 6) is -0.967. The van der Waals surface area contributed by atoms with Gasteiger partial charge in [-0.1, -0.05) is 0 Å². The fourth-order valence-corrected chi connectivity index (χ4v) is 2.46. The van der Waals surface area contributed by atoms with Gasteiger partial charge in [0.1, 0.15) is 5.60 Å². The Hall–Kier alpha value is -1.38. The molecule has 0 aromatic heterocycles. The minimum Gasteiger partial charge on any atom is -0.481 e. The molecule has 0 aromatic rings. The first-order valence-electron chi connectivity index (χ1n) is 7.18. The smallest absolute Gasteiger partial charge is 0.410 e. The van der Waals surface area contributed by atoms with E-state index in [1.54, 1.807) is 20.8 Å². The number of carboxylic acid groups (broad SMARTS) is 1. The number of methoxy groups -OCH3 is 1. The molecule has 1 fully saturated rings. The van der Waals surface area contributed by atoms with Crippen molar-refractivity contribution in [1.29, 1.82) is 0 Å². The van der Waals surface area contributed by atoms with Crippen molar-refractivity contribution in [2.24, 2.45) is 0 Å². The number of nitrogens with zero attached hydrogens (tertiary/aromatic N) is 1. The van der Waals surface area contributed by atoms with Crippen molar-refractivity contribution < 1.29 is 29.3 Å². The van der Waals surface area contributed by atoms with E-state index in [0.29, 0.717) is 0 Å². The lowest BCUT2D eigenvalue weighted by atomic mass is 9.85. The monoisotopic (exact) mass is 318 g/mol. The predicted molar refractivity (Wildman–Crippen MR) is 78.7 cm³/mol. The molecule has 0 aliphatic carbocycles. The number of carbonyl (C=O) groups excluding carboxylic acids is 1. The molecule has 0 spiro atoms. The molecule has 0 bridgehead atoms. The van der Waals surface area contributed by atoms with Crippen molar-refractivity contribution >= 4 is 12.1 Å². The van der Waals surface area contributed by atoms with Crippen LogP contribution in [0.15, 0.2) is 0 Å². The molecule has 1 rings (SSSR count). The summed E-state index contributed by atoms with van der Waals surface area (Å²) in [6.45, 7) is 5.82. The number of aliphatic hydroxyl groups excluding tert-OH is 1. The van der Waals surface area contributed by atoms with Crippen LogP contribution in [0, 0.1) is 0 Å². The third-order valence-electron chi connectivity index (χ3n) is 3.23. The highest BCUT2D eigenvalue weighted by Crippen LogP contribution is 2.27. The van der Waals surface area contributed by atoms with Gasteiger partial charge in [0, 0.05) is 20.2 Å². The maximum atomic E-state index is 11.9. The Labute approximate surface area is 130 Å². The van der Waals surface area contributed by atoms with E-state index in [4.69, 9.17) is 14.6 Å². The Balaban J connectivity index is 2.66. The van der Waals surface area contributed by atoms with Gasteiger partial charge in [-0.15, -0.1) is 0 Å². The Morgan fingerprint density at radius 3 is 2.36 bits per heavy atom. The number of hydrogen-bond acceptors (Lipinski definition) is 6. The Bertz CT molecular complexity index is 401. The van der Waals surface area contributed by atoms with E-state index >= 15 is 0 Å². The van der Waals surface area contributed by atoms with Crippen LogP contribution in [0.25, 0.3) is 0 Å². The van der Waals surface area contributed by atoms with Gasteiger partial charge in [-0.25, -0.2) is 4.79 Å². The molecule has 3 N–H and O–H groups in total. The highest BCUT2D eigenvalue weighted by Gasteiger charge is 2.48. The first-order chi connectivity index (χ1) is 10.1. The van der Waals surface area contributed by atoms with Crippen molar-refractivity contribution in [2.75, 3.05) is 33.4 Å². The van der Waals surface area contributed by atoms with Crippen LogP contribution in [-0.4, -0.2) is 77.8 Å². The topological polar surface area (TPSA) is 108 Å². The summed E-state index contributed by atoms with van der Waals surface area (Å²) in [6, 6.07) is -0.384. The lowest BCUT2D eigenvalue weighted by Crippen LogP contribution is -2.73. The number of aliphatic carboxylic acids is 1. The van der Waals surface area contributed by atoms with Crippen LogP contribution in [0.3, 0.4) is 0 Å². The van der Waals surface area contributed by atoms with E-state index in [9.17, 15) is 14.7 Å². The predicted octanol–water partition coefficient (Wildman–Crippen LogP) is 0.0475. The number of carboxylic acids is 1. The minimum atomic E-state index is -0.967. The zero-order chi connectivity index (χ0) is 17.0. The quantitative estimate of drug-likeness (QED) is 0.608. The maximum Gasteiger partial charge on any atom is 0.410 e. The second kappa shape index (κ2) is 7.26. The first kappa shape index (κ1) is 18.7. The van der Waals surface area contributed by atoms with Gasteiger partial charge in [-0.2, -0.15) is 0 Å². The average molecular weight is 318 g/mol. The van der Waals surface area contributed by atoms with Gasteiger partial charge in [0.2, 0.25) is 0 Å².